The van der Waals surface area contributed by atoms with E-state index in [1.54, 1.807) is 11.0 Å². The first-order valence-electron chi connectivity index (χ1n) is 6.73. The summed E-state index contributed by atoms with van der Waals surface area (Å²) in [5.41, 5.74) is 1.83. The van der Waals surface area contributed by atoms with Crippen molar-refractivity contribution >= 4 is 23.2 Å². The molecule has 0 saturated carbocycles. The van der Waals surface area contributed by atoms with E-state index < -0.39 is 5.82 Å². The summed E-state index contributed by atoms with van der Waals surface area (Å²) in [6.45, 7) is 1.84. The quantitative estimate of drug-likeness (QED) is 0.877. The monoisotopic (exact) mass is 304 g/mol. The highest BCUT2D eigenvalue weighted by Crippen LogP contribution is 2.26. The minimum absolute atomic E-state index is 0.000738. The van der Waals surface area contributed by atoms with Crippen molar-refractivity contribution in [3.8, 4) is 0 Å². The van der Waals surface area contributed by atoms with Crippen molar-refractivity contribution in [2.24, 2.45) is 0 Å². The van der Waals surface area contributed by atoms with Gasteiger partial charge in [-0.05, 0) is 23.8 Å². The van der Waals surface area contributed by atoms with Crippen LogP contribution in [0.5, 0.6) is 0 Å². The number of para-hydroxylation sites is 1. The van der Waals surface area contributed by atoms with Gasteiger partial charge in [-0.2, -0.15) is 0 Å². The van der Waals surface area contributed by atoms with E-state index >= 15 is 0 Å². The van der Waals surface area contributed by atoms with Crippen LogP contribution >= 0.6 is 11.6 Å². The lowest BCUT2D eigenvalue weighted by atomic mass is 10.1. The van der Waals surface area contributed by atoms with Crippen LogP contribution in [-0.2, 0) is 6.54 Å². The fourth-order valence-electron chi connectivity index (χ4n) is 2.48. The predicted molar refractivity (Wildman–Crippen MR) is 81.2 cm³/mol. The molecular weight excluding hydrogens is 291 g/mol. The fourth-order valence-corrected chi connectivity index (χ4v) is 2.66. The maximum Gasteiger partial charge on any atom is 0.261 e. The largest absolute Gasteiger partial charge is 0.311 e. The van der Waals surface area contributed by atoms with Crippen LogP contribution in [0, 0.1) is 5.82 Å². The second kappa shape index (κ2) is 5.84. The lowest BCUT2D eigenvalue weighted by Crippen LogP contribution is -2.35. The van der Waals surface area contributed by atoms with Crippen molar-refractivity contribution in [2.75, 3.05) is 18.0 Å². The third-order valence-electron chi connectivity index (χ3n) is 3.54. The summed E-state index contributed by atoms with van der Waals surface area (Å²) in [4.78, 5) is 14.3. The molecule has 0 atom stereocenters. The van der Waals surface area contributed by atoms with E-state index in [-0.39, 0.29) is 16.5 Å². The van der Waals surface area contributed by atoms with Crippen molar-refractivity contribution < 1.29 is 9.18 Å². The van der Waals surface area contributed by atoms with E-state index in [2.05, 4.69) is 5.32 Å². The van der Waals surface area contributed by atoms with Gasteiger partial charge in [-0.3, -0.25) is 4.79 Å². The van der Waals surface area contributed by atoms with Crippen LogP contribution in [0.25, 0.3) is 0 Å². The number of anilines is 1. The third kappa shape index (κ3) is 2.64. The van der Waals surface area contributed by atoms with E-state index in [0.29, 0.717) is 19.6 Å². The molecule has 2 aromatic rings. The number of nitrogens with one attached hydrogen (secondary N) is 1. The zero-order chi connectivity index (χ0) is 14.8. The Labute approximate surface area is 127 Å². The number of fused-ring (bicyclic) bond motifs is 1. The molecule has 0 aromatic heterocycles. The molecule has 1 heterocycles. The number of hydrogen-bond acceptors (Lipinski definition) is 2. The molecule has 0 saturated heterocycles. The van der Waals surface area contributed by atoms with Crippen molar-refractivity contribution in [3.05, 3.63) is 64.4 Å². The van der Waals surface area contributed by atoms with Crippen LogP contribution in [0.15, 0.2) is 42.5 Å². The average molecular weight is 305 g/mol. The van der Waals surface area contributed by atoms with Crippen LogP contribution in [0.3, 0.4) is 0 Å². The first kappa shape index (κ1) is 14.0. The van der Waals surface area contributed by atoms with Crippen molar-refractivity contribution in [3.63, 3.8) is 0 Å². The molecule has 1 N–H and O–H groups in total. The van der Waals surface area contributed by atoms with Gasteiger partial charge in [-0.25, -0.2) is 4.39 Å². The molecule has 1 aliphatic heterocycles. The summed E-state index contributed by atoms with van der Waals surface area (Å²) >= 11 is 5.77. The molecule has 0 fully saturated rings. The number of rotatable bonds is 1. The number of halogens is 2. The minimum atomic E-state index is -0.668. The van der Waals surface area contributed by atoms with Crippen LogP contribution < -0.4 is 10.2 Å². The number of nitrogens with zero attached hydrogens (tertiary/aromatic N) is 1. The molecule has 5 heteroatoms. The van der Waals surface area contributed by atoms with Gasteiger partial charge in [0.05, 0.1) is 10.6 Å². The topological polar surface area (TPSA) is 32.3 Å². The lowest BCUT2D eigenvalue weighted by molar-refractivity contribution is 0.0983. The van der Waals surface area contributed by atoms with Gasteiger partial charge in [0.1, 0.15) is 0 Å². The molecule has 2 aromatic carbocycles. The minimum Gasteiger partial charge on any atom is -0.311 e. The summed E-state index contributed by atoms with van der Waals surface area (Å²) in [5.74, 6) is -1.04. The van der Waals surface area contributed by atoms with Crippen molar-refractivity contribution in [2.45, 2.75) is 6.54 Å². The van der Waals surface area contributed by atoms with E-state index in [1.165, 1.54) is 12.1 Å². The fraction of sp³-hybridized carbons (Fsp3) is 0.188. The maximum atomic E-state index is 14.1. The van der Waals surface area contributed by atoms with Gasteiger partial charge in [-0.1, -0.05) is 35.9 Å². The average Bonchev–Trinajstić information content (AvgIpc) is 2.72. The molecule has 21 heavy (non-hydrogen) atoms. The predicted octanol–water partition coefficient (Wildman–Crippen LogP) is 3.23. The highest BCUT2D eigenvalue weighted by Gasteiger charge is 2.24. The highest BCUT2D eigenvalue weighted by molar-refractivity contribution is 6.31. The normalized spacial score (nSPS) is 14.5. The van der Waals surface area contributed by atoms with Gasteiger partial charge in [0.15, 0.2) is 5.82 Å². The standard InChI is InChI=1S/C16H14ClFN2O/c17-13-6-3-5-12(15(13)18)16(21)20-9-8-19-10-11-4-1-2-7-14(11)20/h1-7,19H,8-10H2. The van der Waals surface area contributed by atoms with Crippen molar-refractivity contribution in [1.29, 1.82) is 0 Å². The number of hydrogen-bond donors (Lipinski definition) is 1. The smallest absolute Gasteiger partial charge is 0.261 e. The Morgan fingerprint density at radius 2 is 2.00 bits per heavy atom. The van der Waals surface area contributed by atoms with E-state index in [0.717, 1.165) is 11.3 Å². The van der Waals surface area contributed by atoms with Crippen LogP contribution in [0.4, 0.5) is 10.1 Å². The zero-order valence-corrected chi connectivity index (χ0v) is 12.0. The Kier molecular flexibility index (Phi) is 3.90. The maximum absolute atomic E-state index is 14.1. The molecule has 0 unspecified atom stereocenters. The molecule has 1 aliphatic rings. The summed E-state index contributed by atoms with van der Waals surface area (Å²) in [5, 5.41) is 3.21. The van der Waals surface area contributed by atoms with Crippen LogP contribution in [-0.4, -0.2) is 19.0 Å². The molecular formula is C16H14ClFN2O. The molecule has 0 bridgehead atoms. The number of carbonyl (C=O) groups is 1. The van der Waals surface area contributed by atoms with E-state index in [4.69, 9.17) is 11.6 Å². The van der Waals surface area contributed by atoms with Gasteiger partial charge in [0, 0.05) is 25.3 Å². The Morgan fingerprint density at radius 1 is 1.19 bits per heavy atom. The zero-order valence-electron chi connectivity index (χ0n) is 11.3. The van der Waals surface area contributed by atoms with Gasteiger partial charge in [0.25, 0.3) is 5.91 Å². The summed E-state index contributed by atoms with van der Waals surface area (Å²) in [6, 6.07) is 12.1. The Hall–Kier alpha value is -1.91. The SMILES string of the molecule is O=C(c1cccc(Cl)c1F)N1CCNCc2ccccc21. The molecule has 0 aliphatic carbocycles. The van der Waals surface area contributed by atoms with Crippen LogP contribution in [0.1, 0.15) is 15.9 Å². The van der Waals surface area contributed by atoms with E-state index in [9.17, 15) is 9.18 Å². The first-order valence-corrected chi connectivity index (χ1v) is 7.11. The van der Waals surface area contributed by atoms with E-state index in [1.807, 2.05) is 24.3 Å². The second-order valence-electron chi connectivity index (χ2n) is 4.86. The molecule has 0 radical (unpaired) electrons. The molecule has 3 rings (SSSR count). The number of amides is 1. The molecule has 0 spiro atoms. The van der Waals surface area contributed by atoms with Crippen molar-refractivity contribution in [1.82, 2.24) is 5.32 Å². The Morgan fingerprint density at radius 3 is 2.86 bits per heavy atom. The van der Waals surface area contributed by atoms with Crippen LogP contribution in [0.2, 0.25) is 5.02 Å². The summed E-state index contributed by atoms with van der Waals surface area (Å²) in [7, 11) is 0. The third-order valence-corrected chi connectivity index (χ3v) is 3.83. The summed E-state index contributed by atoms with van der Waals surface area (Å²) in [6.07, 6.45) is 0. The van der Waals surface area contributed by atoms with Gasteiger partial charge in [0.2, 0.25) is 0 Å². The summed E-state index contributed by atoms with van der Waals surface area (Å²) < 4.78 is 14.1. The Bertz CT molecular complexity index is 690. The molecule has 108 valence electrons. The Balaban J connectivity index is 2.03. The molecule has 3 nitrogen and oxygen atoms in total. The van der Waals surface area contributed by atoms with Gasteiger partial charge in [-0.15, -0.1) is 0 Å². The second-order valence-corrected chi connectivity index (χ2v) is 5.27. The number of benzene rings is 2. The lowest BCUT2D eigenvalue weighted by Gasteiger charge is -2.23. The first-order chi connectivity index (χ1) is 10.2. The van der Waals surface area contributed by atoms with Gasteiger partial charge >= 0.3 is 0 Å². The number of carbonyl (C=O) groups excluding carboxylic acids is 1. The highest BCUT2D eigenvalue weighted by atomic mass is 35.5. The molecule has 1 amide bonds. The van der Waals surface area contributed by atoms with Gasteiger partial charge < -0.3 is 10.2 Å².